The summed E-state index contributed by atoms with van der Waals surface area (Å²) in [5.74, 6) is 4.27. The lowest BCUT2D eigenvalue weighted by Crippen LogP contribution is -2.33. The molecule has 1 atom stereocenters. The van der Waals surface area contributed by atoms with Gasteiger partial charge < -0.3 is 46.7 Å². The molecule has 8 aromatic carbocycles. The van der Waals surface area contributed by atoms with Gasteiger partial charge in [0.05, 0.1) is 78.0 Å². The molecule has 6 aliphatic carbocycles. The summed E-state index contributed by atoms with van der Waals surface area (Å²) >= 11 is 6.79. The van der Waals surface area contributed by atoms with Crippen molar-refractivity contribution in [2.75, 3.05) is 25.8 Å². The molecule has 35 heteroatoms. The summed E-state index contributed by atoms with van der Waals surface area (Å²) in [7, 11) is -6.77. The Hall–Kier alpha value is -15.5. The molecule has 4 N–H and O–H groups in total. The molecule has 0 radical (unpaired) electrons. The van der Waals surface area contributed by atoms with Gasteiger partial charge in [-0.25, -0.2) is 56.3 Å². The molecule has 7 heterocycles. The smallest absolute Gasteiger partial charge is 0.411 e. The van der Waals surface area contributed by atoms with Crippen LogP contribution in [-0.2, 0) is 49.2 Å². The van der Waals surface area contributed by atoms with Crippen LogP contribution in [0.4, 0.5) is 41.1 Å². The van der Waals surface area contributed by atoms with E-state index in [2.05, 4.69) is 105 Å². The maximum absolute atomic E-state index is 12.8. The Kier molecular flexibility index (Phi) is 29.1. The number of anilines is 4. The highest BCUT2D eigenvalue weighted by atomic mass is 35.5. The van der Waals surface area contributed by atoms with Gasteiger partial charge in [0, 0.05) is 143 Å². The van der Waals surface area contributed by atoms with Crippen LogP contribution in [0.1, 0.15) is 159 Å². The third kappa shape index (κ3) is 22.7. The number of hydrogen-bond acceptors (Lipinski definition) is 22. The third-order valence-corrected chi connectivity index (χ3v) is 29.7. The van der Waals surface area contributed by atoms with E-state index in [1.165, 1.54) is 50.6 Å². The largest absolute Gasteiger partial charge is 0.447 e. The van der Waals surface area contributed by atoms with Gasteiger partial charge in [0.25, 0.3) is 5.88 Å². The van der Waals surface area contributed by atoms with Crippen LogP contribution in [-0.4, -0.2) is 107 Å². The van der Waals surface area contributed by atoms with Gasteiger partial charge >= 0.3 is 30.8 Å². The quantitative estimate of drug-likeness (QED) is 0.0313. The van der Waals surface area contributed by atoms with Crippen LogP contribution in [0.2, 0.25) is 5.02 Å². The highest BCUT2D eigenvalue weighted by Gasteiger charge is 2.36. The zero-order valence-electron chi connectivity index (χ0n) is 78.2. The fraction of sp³-hybridized carbons (Fsp3) is 0.308. The maximum atomic E-state index is 12.8. The Labute approximate surface area is 824 Å². The molecule has 15 aromatic rings. The number of alkyl halides is 2. The number of aromatic nitrogens is 10. The number of amides is 2. The van der Waals surface area contributed by atoms with Gasteiger partial charge in [-0.05, 0) is 266 Å². The molecule has 0 aliphatic heterocycles. The highest BCUT2D eigenvalue weighted by molar-refractivity contribution is 7.93. The van der Waals surface area contributed by atoms with Crippen molar-refractivity contribution in [1.82, 2.24) is 48.2 Å². The molecule has 30 nitrogen and oxygen atoms in total. The van der Waals surface area contributed by atoms with Gasteiger partial charge in [-0.2, -0.15) is 29.8 Å². The second-order valence-corrected chi connectivity index (χ2v) is 40.8. The van der Waals surface area contributed by atoms with E-state index in [9.17, 15) is 56.3 Å². The molecular formula is C107H101ClF2N18O12S2. The van der Waals surface area contributed by atoms with Gasteiger partial charge in [-0.15, -0.1) is 0 Å². The van der Waals surface area contributed by atoms with Crippen LogP contribution in [0.5, 0.6) is 40.9 Å². The number of aryl methyl sites for hydroxylation is 1. The molecule has 0 spiro atoms. The predicted octanol–water partition coefficient (Wildman–Crippen LogP) is 24.8. The summed E-state index contributed by atoms with van der Waals surface area (Å²) in [6.45, 7) is 6.62. The molecule has 21 rings (SSSR count). The van der Waals surface area contributed by atoms with E-state index in [4.69, 9.17) is 35.3 Å². The molecule has 2 amide bonds. The average Bonchev–Trinajstić information content (AvgIpc) is 1.59. The fourth-order valence-electron chi connectivity index (χ4n) is 17.7. The lowest BCUT2D eigenvalue weighted by molar-refractivity contribution is -0.0497. The molecular weight excluding hydrogens is 1870 g/mol. The number of nitriles is 4. The molecule has 7 aromatic heterocycles. The Morgan fingerprint density at radius 2 is 0.979 bits per heavy atom. The van der Waals surface area contributed by atoms with Crippen molar-refractivity contribution >= 4 is 110 Å². The summed E-state index contributed by atoms with van der Waals surface area (Å²) in [6.07, 6.45) is 25.1. The van der Waals surface area contributed by atoms with Crippen molar-refractivity contribution in [3.8, 4) is 110 Å². The summed E-state index contributed by atoms with van der Waals surface area (Å²) in [4.78, 5) is 49.0. The first-order chi connectivity index (χ1) is 68.8. The minimum atomic E-state index is -3.40. The second kappa shape index (κ2) is 42.7. The van der Waals surface area contributed by atoms with Crippen LogP contribution in [0.15, 0.2) is 219 Å². The molecule has 6 fully saturated rings. The van der Waals surface area contributed by atoms with E-state index in [0.717, 1.165) is 137 Å². The highest BCUT2D eigenvalue weighted by Crippen LogP contribution is 2.49. The monoisotopic (exact) mass is 1970 g/mol. The Morgan fingerprint density at radius 3 is 1.53 bits per heavy atom. The molecule has 142 heavy (non-hydrogen) atoms. The number of fused-ring (bicyclic) bond motifs is 4. The number of carbonyl (C=O) groups is 2. The number of sulfonamides is 2. The number of halogens is 3. The van der Waals surface area contributed by atoms with Crippen LogP contribution in [0.3, 0.4) is 0 Å². The topological polar surface area (TPSA) is 398 Å². The molecule has 6 saturated carbocycles. The van der Waals surface area contributed by atoms with E-state index in [0.29, 0.717) is 133 Å². The van der Waals surface area contributed by atoms with Crippen LogP contribution < -0.4 is 39.0 Å². The van der Waals surface area contributed by atoms with Crippen LogP contribution in [0.25, 0.3) is 88.6 Å². The minimum absolute atomic E-state index is 0.00138. The minimum Gasteiger partial charge on any atom is -0.447 e. The van der Waals surface area contributed by atoms with Gasteiger partial charge in [0.1, 0.15) is 53.4 Å². The van der Waals surface area contributed by atoms with Crippen molar-refractivity contribution in [3.63, 3.8) is 0 Å². The van der Waals surface area contributed by atoms with Crippen molar-refractivity contribution < 1.29 is 63.6 Å². The summed E-state index contributed by atoms with van der Waals surface area (Å²) in [5, 5.41) is 48.7. The van der Waals surface area contributed by atoms with E-state index in [-0.39, 0.29) is 52.6 Å². The standard InChI is InChI=1S/C30H25ClN6O3.C27H28N4O3.C25H25F2N3O3S.C25H23N5O3S/c1-17(18-5-6-18)39-30(38)36-19-7-9-23(25(31)13-19)28-24(15-32)22-10-8-21(14-27(22)37(28)20-3-2-4-20)40-29-26(16-33)34-11-12-35-29;1-18(2)33-27(32)30-22-10-7-20(8-11-22)24-15-21-9-12-23(34-26-28-13-4-14-29-26)16-25(21)31(24)17-19-5-3-6-19;26-25(27)33-19-10-11-21-22(15-28)24(30(23(21)14-19)13-12-16-4-5-16)17-6-8-18(9-7-17)29-34(31,32)20-2-1-3-20;1-2-34(31,32)29-19-8-6-18(7-9-19)24-22(15-26)21-11-10-20(33-25-27-12-3-13-28-25)14-23(21)30(24)16-17-4-5-17/h7-14,17-18,20H,2-6H2,1H3,(H,36,38);4,7-16,18-19H,3,5-6,17H2,1-2H3,(H,30,32);6-11,14,16,20,25,29H,1-5,12-13H2;3,6-14,17,29H,2,4-5,16H2,1H3/t17-;;;/m1.../s1. The van der Waals surface area contributed by atoms with Gasteiger partial charge in [-0.1, -0.05) is 73.7 Å². The van der Waals surface area contributed by atoms with Crippen molar-refractivity contribution in [2.45, 2.75) is 180 Å². The summed E-state index contributed by atoms with van der Waals surface area (Å²) in [6, 6.07) is 64.6. The van der Waals surface area contributed by atoms with Gasteiger partial charge in [-0.3, -0.25) is 20.1 Å². The zero-order chi connectivity index (χ0) is 98.9. The van der Waals surface area contributed by atoms with Crippen LogP contribution in [0, 0.1) is 69.0 Å². The van der Waals surface area contributed by atoms with E-state index in [1.54, 1.807) is 111 Å². The summed E-state index contributed by atoms with van der Waals surface area (Å²) < 4.78 is 121. The van der Waals surface area contributed by atoms with Crippen molar-refractivity contribution in [3.05, 3.63) is 247 Å². The van der Waals surface area contributed by atoms with Gasteiger partial charge in [0.15, 0.2) is 0 Å². The molecule has 0 bridgehead atoms. The van der Waals surface area contributed by atoms with E-state index in [1.807, 2.05) is 110 Å². The number of hydrogen-bond donors (Lipinski definition) is 4. The zero-order valence-corrected chi connectivity index (χ0v) is 80.6. The molecule has 0 unspecified atom stereocenters. The third-order valence-electron chi connectivity index (χ3n) is 26.2. The van der Waals surface area contributed by atoms with Crippen molar-refractivity contribution in [2.24, 2.45) is 23.7 Å². The Balaban J connectivity index is 0.000000125. The molecule has 6 aliphatic rings. The van der Waals surface area contributed by atoms with E-state index < -0.39 is 38.8 Å². The lowest BCUT2D eigenvalue weighted by Gasteiger charge is -2.30. The number of rotatable bonds is 31. The maximum Gasteiger partial charge on any atom is 0.411 e. The molecule has 724 valence electrons. The lowest BCUT2D eigenvalue weighted by atomic mass is 9.85. The van der Waals surface area contributed by atoms with Crippen LogP contribution >= 0.6 is 11.6 Å². The summed E-state index contributed by atoms with van der Waals surface area (Å²) in [5.41, 5.74) is 14.1. The Morgan fingerprint density at radius 1 is 0.479 bits per heavy atom. The van der Waals surface area contributed by atoms with Gasteiger partial charge in [0.2, 0.25) is 25.7 Å². The van der Waals surface area contributed by atoms with E-state index >= 15 is 0 Å². The number of ether oxygens (including phenoxy) is 6. The number of nitrogens with one attached hydrogen (secondary N) is 4. The number of nitrogens with zero attached hydrogens (tertiary/aromatic N) is 14. The number of carbonyl (C=O) groups excluding carboxylic acids is 2. The first-order valence-corrected chi connectivity index (χ1v) is 51.1. The molecule has 0 saturated heterocycles. The normalized spacial score (nSPS) is 14.8. The number of benzene rings is 8. The van der Waals surface area contributed by atoms with Crippen molar-refractivity contribution in [1.29, 1.82) is 21.0 Å². The second-order valence-electron chi connectivity index (χ2n) is 36.4. The first kappa shape index (κ1) is 96.8. The Bertz CT molecular complexity index is 7630. The first-order valence-electron chi connectivity index (χ1n) is 47.5. The SMILES string of the molecule is CC(C)OC(=O)Nc1ccc(-c2cc3ccc(Oc4ncccn4)cc3n2CC2CCC2)cc1.CCS(=O)(=O)Nc1ccc(-c2c(C#N)c3ccc(Oc4ncccn4)cc3n2CC2CC2)cc1.C[C@@H](OC(=O)Nc1ccc(-c2c(C#N)c3ccc(Oc4nccnc4C#N)cc3n2C2CCC2)c(Cl)c1)C1CC1.N#Cc1c(-c2ccc(NS(=O)(=O)C3CCC3)cc2)n(CCC2CC2)c2cc(OC(F)F)ccc12. The fourth-order valence-corrected chi connectivity index (χ4v) is 20.2. The predicted molar refractivity (Wildman–Crippen MR) is 537 cm³/mol. The average molecular weight is 1970 g/mol.